The van der Waals surface area contributed by atoms with Crippen molar-refractivity contribution in [2.24, 2.45) is 5.92 Å². The molecule has 2 aliphatic rings. The van der Waals surface area contributed by atoms with Crippen LogP contribution in [0.3, 0.4) is 0 Å². The van der Waals surface area contributed by atoms with Crippen molar-refractivity contribution in [1.82, 2.24) is 24.9 Å². The van der Waals surface area contributed by atoms with Crippen molar-refractivity contribution in [1.29, 1.82) is 0 Å². The van der Waals surface area contributed by atoms with Crippen molar-refractivity contribution in [2.45, 2.75) is 62.6 Å². The topological polar surface area (TPSA) is 78.7 Å². The van der Waals surface area contributed by atoms with E-state index in [9.17, 15) is 9.59 Å². The molecule has 3 atom stereocenters. The van der Waals surface area contributed by atoms with Crippen LogP contribution in [0.1, 0.15) is 56.3 Å². The summed E-state index contributed by atoms with van der Waals surface area (Å²) in [5.41, 5.74) is 1.49. The number of rotatable bonds is 7. The molecule has 2 saturated heterocycles. The third-order valence-electron chi connectivity index (χ3n) is 6.45. The summed E-state index contributed by atoms with van der Waals surface area (Å²) in [7, 11) is 0. The highest BCUT2D eigenvalue weighted by atomic mass is 32.2. The Morgan fingerprint density at radius 2 is 2.03 bits per heavy atom. The first-order valence-electron chi connectivity index (χ1n) is 11.4. The van der Waals surface area contributed by atoms with Gasteiger partial charge in [0.2, 0.25) is 5.91 Å². The molecule has 0 aromatic carbocycles. The summed E-state index contributed by atoms with van der Waals surface area (Å²) >= 11 is 1.76. The third-order valence-corrected chi connectivity index (χ3v) is 7.90. The van der Waals surface area contributed by atoms with E-state index < -0.39 is 0 Å². The van der Waals surface area contributed by atoms with Crippen LogP contribution >= 0.6 is 11.8 Å². The maximum absolute atomic E-state index is 12.8. The van der Waals surface area contributed by atoms with Gasteiger partial charge in [0.15, 0.2) is 0 Å². The molecule has 2 amide bonds. The van der Waals surface area contributed by atoms with Crippen LogP contribution in [-0.2, 0) is 4.79 Å². The average Bonchev–Trinajstić information content (AvgIpc) is 3.38. The Labute approximate surface area is 188 Å². The molecule has 8 heteroatoms. The van der Waals surface area contributed by atoms with Gasteiger partial charge in [0.05, 0.1) is 10.9 Å². The second kappa shape index (κ2) is 10.0. The second-order valence-corrected chi connectivity index (χ2v) is 10.3. The van der Waals surface area contributed by atoms with Crippen molar-refractivity contribution < 1.29 is 9.59 Å². The number of imidazole rings is 1. The number of hydrogen-bond acceptors (Lipinski definition) is 5. The van der Waals surface area contributed by atoms with E-state index in [-0.39, 0.29) is 17.2 Å². The highest BCUT2D eigenvalue weighted by Crippen LogP contribution is 2.30. The summed E-state index contributed by atoms with van der Waals surface area (Å²) in [5.74, 6) is 0.962. The van der Waals surface area contributed by atoms with Gasteiger partial charge in [-0.25, -0.2) is 4.98 Å². The molecular weight excluding hydrogens is 410 g/mol. The number of thioether (sulfide) groups is 1. The molecule has 7 nitrogen and oxygen atoms in total. The maximum Gasteiger partial charge on any atom is 0.252 e. The molecule has 0 spiro atoms. The van der Waals surface area contributed by atoms with Gasteiger partial charge in [0, 0.05) is 44.3 Å². The van der Waals surface area contributed by atoms with E-state index in [1.54, 1.807) is 18.0 Å². The Morgan fingerprint density at radius 3 is 2.77 bits per heavy atom. The van der Waals surface area contributed by atoms with Crippen molar-refractivity contribution >= 4 is 29.2 Å². The third kappa shape index (κ3) is 5.41. The molecule has 2 N–H and O–H groups in total. The van der Waals surface area contributed by atoms with Crippen molar-refractivity contribution in [3.8, 4) is 0 Å². The molecule has 3 unspecified atom stereocenters. The SMILES string of the molecule is CC1NC(C)C(C(=O)N2CCC(CCCCNC(=O)c3ccc4nccn4c3)CC2)S1. The predicted octanol–water partition coefficient (Wildman–Crippen LogP) is 2.91. The first-order valence-corrected chi connectivity index (χ1v) is 12.4. The van der Waals surface area contributed by atoms with Crippen molar-refractivity contribution in [2.75, 3.05) is 19.6 Å². The monoisotopic (exact) mass is 443 g/mol. The molecule has 168 valence electrons. The van der Waals surface area contributed by atoms with Crippen LogP contribution in [0.25, 0.3) is 5.65 Å². The van der Waals surface area contributed by atoms with Gasteiger partial charge < -0.3 is 19.9 Å². The van der Waals surface area contributed by atoms with Gasteiger partial charge in [0.1, 0.15) is 10.9 Å². The van der Waals surface area contributed by atoms with Gasteiger partial charge in [-0.3, -0.25) is 9.59 Å². The highest BCUT2D eigenvalue weighted by molar-refractivity contribution is 8.01. The minimum atomic E-state index is -0.0368. The number of unbranched alkanes of at least 4 members (excludes halogenated alkanes) is 1. The van der Waals surface area contributed by atoms with Crippen LogP contribution in [-0.4, -0.2) is 62.4 Å². The zero-order valence-electron chi connectivity index (χ0n) is 18.4. The number of nitrogens with one attached hydrogen (secondary N) is 2. The Morgan fingerprint density at radius 1 is 1.23 bits per heavy atom. The van der Waals surface area contributed by atoms with E-state index in [4.69, 9.17) is 0 Å². The molecule has 0 saturated carbocycles. The van der Waals surface area contributed by atoms with E-state index in [0.717, 1.165) is 44.4 Å². The number of hydrogen-bond donors (Lipinski definition) is 2. The molecule has 2 aromatic heterocycles. The van der Waals surface area contributed by atoms with E-state index in [1.165, 1.54) is 6.42 Å². The molecule has 2 aromatic rings. The maximum atomic E-state index is 12.8. The van der Waals surface area contributed by atoms with Crippen molar-refractivity contribution in [3.63, 3.8) is 0 Å². The fraction of sp³-hybridized carbons (Fsp3) is 0.609. The lowest BCUT2D eigenvalue weighted by Crippen LogP contribution is -2.46. The fourth-order valence-corrected chi connectivity index (χ4v) is 5.96. The van der Waals surface area contributed by atoms with Gasteiger partial charge in [-0.15, -0.1) is 11.8 Å². The number of carbonyl (C=O) groups excluding carboxylic acids is 2. The average molecular weight is 444 g/mol. The smallest absolute Gasteiger partial charge is 0.252 e. The Balaban J connectivity index is 1.11. The van der Waals surface area contributed by atoms with E-state index in [0.29, 0.717) is 29.3 Å². The van der Waals surface area contributed by atoms with Crippen LogP contribution in [0, 0.1) is 5.92 Å². The van der Waals surface area contributed by atoms with Crippen molar-refractivity contribution in [3.05, 3.63) is 36.3 Å². The standard InChI is InChI=1S/C23H33N5O2S/c1-16-21(31-17(2)26-16)23(30)27-12-8-18(9-13-27)5-3-4-10-25-22(29)19-6-7-20-24-11-14-28(20)15-19/h6-7,11,14-18,21,26H,3-5,8-10,12-13H2,1-2H3,(H,25,29). The first-order chi connectivity index (χ1) is 15.0. The lowest BCUT2D eigenvalue weighted by molar-refractivity contribution is -0.132. The summed E-state index contributed by atoms with van der Waals surface area (Å²) in [6, 6.07) is 3.92. The minimum absolute atomic E-state index is 0.0368. The minimum Gasteiger partial charge on any atom is -0.352 e. The molecule has 2 aliphatic heterocycles. The fourth-order valence-electron chi connectivity index (χ4n) is 4.65. The second-order valence-electron chi connectivity index (χ2n) is 8.79. The molecular formula is C23H33N5O2S. The van der Waals surface area contributed by atoms with Gasteiger partial charge in [-0.2, -0.15) is 0 Å². The number of carbonyl (C=O) groups is 2. The van der Waals surface area contributed by atoms with Gasteiger partial charge in [-0.1, -0.05) is 12.8 Å². The Hall–Kier alpha value is -2.06. The Kier molecular flexibility index (Phi) is 7.17. The van der Waals surface area contributed by atoms with Crippen LogP contribution in [0.5, 0.6) is 0 Å². The predicted molar refractivity (Wildman–Crippen MR) is 124 cm³/mol. The summed E-state index contributed by atoms with van der Waals surface area (Å²) in [6.45, 7) is 6.70. The molecule has 0 radical (unpaired) electrons. The number of fused-ring (bicyclic) bond motifs is 1. The van der Waals surface area contributed by atoms with E-state index in [1.807, 2.05) is 28.9 Å². The Bertz CT molecular complexity index is 908. The van der Waals surface area contributed by atoms with Gasteiger partial charge >= 0.3 is 0 Å². The molecule has 0 aliphatic carbocycles. The van der Waals surface area contributed by atoms with Crippen LogP contribution in [0.4, 0.5) is 0 Å². The summed E-state index contributed by atoms with van der Waals surface area (Å²) in [4.78, 5) is 31.4. The number of likely N-dealkylation sites (tertiary alicyclic amines) is 1. The van der Waals surface area contributed by atoms with Crippen LogP contribution in [0.2, 0.25) is 0 Å². The number of piperidine rings is 1. The summed E-state index contributed by atoms with van der Waals surface area (Å²) < 4.78 is 1.86. The molecule has 2 fully saturated rings. The van der Waals surface area contributed by atoms with E-state index in [2.05, 4.69) is 34.4 Å². The number of nitrogens with zero attached hydrogens (tertiary/aromatic N) is 3. The van der Waals surface area contributed by atoms with Crippen LogP contribution in [0.15, 0.2) is 30.7 Å². The number of amides is 2. The molecule has 4 heterocycles. The summed E-state index contributed by atoms with van der Waals surface area (Å²) in [6.07, 6.45) is 10.8. The lowest BCUT2D eigenvalue weighted by atomic mass is 9.91. The largest absolute Gasteiger partial charge is 0.352 e. The molecule has 0 bridgehead atoms. The normalized spacial score (nSPS) is 24.6. The quantitative estimate of drug-likeness (QED) is 0.644. The van der Waals surface area contributed by atoms with Gasteiger partial charge in [0.25, 0.3) is 5.91 Å². The van der Waals surface area contributed by atoms with Crippen LogP contribution < -0.4 is 10.6 Å². The van der Waals surface area contributed by atoms with Gasteiger partial charge in [-0.05, 0) is 51.2 Å². The number of pyridine rings is 1. The highest BCUT2D eigenvalue weighted by Gasteiger charge is 2.37. The zero-order valence-corrected chi connectivity index (χ0v) is 19.2. The molecule has 31 heavy (non-hydrogen) atoms. The first kappa shape index (κ1) is 22.1. The lowest BCUT2D eigenvalue weighted by Gasteiger charge is -2.34. The zero-order chi connectivity index (χ0) is 21.8. The molecule has 4 rings (SSSR count). The number of aromatic nitrogens is 2. The van der Waals surface area contributed by atoms with E-state index >= 15 is 0 Å². The summed E-state index contributed by atoms with van der Waals surface area (Å²) in [5, 5.41) is 6.88.